The highest BCUT2D eigenvalue weighted by molar-refractivity contribution is 5.67. The predicted octanol–water partition coefficient (Wildman–Crippen LogP) is 2.51. The molecule has 0 saturated carbocycles. The number of hydrogen-bond acceptors (Lipinski definition) is 3. The maximum absolute atomic E-state index is 10.7. The number of likely N-dealkylation sites (tertiary alicyclic amines) is 1. The fourth-order valence-corrected chi connectivity index (χ4v) is 2.55. The maximum Gasteiger partial charge on any atom is 0.303 e. The van der Waals surface area contributed by atoms with Crippen LogP contribution in [0.3, 0.4) is 0 Å². The van der Waals surface area contributed by atoms with Gasteiger partial charge in [-0.15, -0.1) is 0 Å². The molecule has 0 unspecified atom stereocenters. The zero-order valence-corrected chi connectivity index (χ0v) is 11.8. The van der Waals surface area contributed by atoms with Gasteiger partial charge in [0.2, 0.25) is 0 Å². The minimum atomic E-state index is -0.689. The Hall–Kier alpha value is -1.81. The van der Waals surface area contributed by atoms with E-state index in [4.69, 9.17) is 9.84 Å². The van der Waals surface area contributed by atoms with Crippen LogP contribution in [-0.4, -0.2) is 42.7 Å². The summed E-state index contributed by atoms with van der Waals surface area (Å²) in [6, 6.07) is 7.93. The lowest BCUT2D eigenvalue weighted by atomic mass is 10.1. The highest BCUT2D eigenvalue weighted by Gasteiger charge is 2.23. The van der Waals surface area contributed by atoms with E-state index in [-0.39, 0.29) is 0 Å². The van der Waals surface area contributed by atoms with Crippen molar-refractivity contribution in [2.75, 3.05) is 26.7 Å². The SMILES string of the molecule is COc1ccc(/C=C/CN2CC[C@H](CC(=O)O)C2)cc1. The lowest BCUT2D eigenvalue weighted by Crippen LogP contribution is -2.21. The van der Waals surface area contributed by atoms with E-state index in [1.165, 1.54) is 0 Å². The maximum atomic E-state index is 10.7. The number of nitrogens with zero attached hydrogens (tertiary/aromatic N) is 1. The third-order valence-electron chi connectivity index (χ3n) is 3.62. The summed E-state index contributed by atoms with van der Waals surface area (Å²) in [4.78, 5) is 13.0. The number of benzene rings is 1. The summed E-state index contributed by atoms with van der Waals surface area (Å²) in [5.41, 5.74) is 1.15. The summed E-state index contributed by atoms with van der Waals surface area (Å²) in [5.74, 6) is 0.478. The molecular weight excluding hydrogens is 254 g/mol. The highest BCUT2D eigenvalue weighted by atomic mass is 16.5. The first-order valence-corrected chi connectivity index (χ1v) is 6.92. The van der Waals surface area contributed by atoms with Crippen LogP contribution < -0.4 is 4.74 Å². The van der Waals surface area contributed by atoms with Crippen molar-refractivity contribution in [3.8, 4) is 5.75 Å². The molecular formula is C16H21NO3. The minimum Gasteiger partial charge on any atom is -0.497 e. The summed E-state index contributed by atoms with van der Waals surface area (Å²) in [7, 11) is 1.66. The summed E-state index contributed by atoms with van der Waals surface area (Å²) in [6.07, 6.45) is 5.50. The van der Waals surface area contributed by atoms with Gasteiger partial charge in [0.25, 0.3) is 0 Å². The van der Waals surface area contributed by atoms with Gasteiger partial charge in [0.1, 0.15) is 5.75 Å². The van der Waals surface area contributed by atoms with Gasteiger partial charge < -0.3 is 9.84 Å². The molecule has 1 aromatic rings. The van der Waals surface area contributed by atoms with E-state index in [0.29, 0.717) is 12.3 Å². The van der Waals surface area contributed by atoms with Crippen molar-refractivity contribution in [3.63, 3.8) is 0 Å². The molecule has 0 spiro atoms. The quantitative estimate of drug-likeness (QED) is 0.866. The van der Waals surface area contributed by atoms with E-state index in [0.717, 1.165) is 37.4 Å². The number of carbonyl (C=O) groups is 1. The number of rotatable bonds is 6. The lowest BCUT2D eigenvalue weighted by molar-refractivity contribution is -0.138. The first-order valence-electron chi connectivity index (χ1n) is 6.92. The molecule has 1 saturated heterocycles. The fourth-order valence-electron chi connectivity index (χ4n) is 2.55. The lowest BCUT2D eigenvalue weighted by Gasteiger charge is -2.12. The highest BCUT2D eigenvalue weighted by Crippen LogP contribution is 2.19. The van der Waals surface area contributed by atoms with Gasteiger partial charge in [-0.1, -0.05) is 24.3 Å². The van der Waals surface area contributed by atoms with Crippen LogP contribution in [0.25, 0.3) is 6.08 Å². The zero-order chi connectivity index (χ0) is 14.4. The van der Waals surface area contributed by atoms with Crippen LogP contribution in [0, 0.1) is 5.92 Å². The third kappa shape index (κ3) is 4.38. The molecule has 2 rings (SSSR count). The van der Waals surface area contributed by atoms with Crippen LogP contribution in [0.2, 0.25) is 0 Å². The Kier molecular flexibility index (Phi) is 5.18. The largest absolute Gasteiger partial charge is 0.497 e. The Morgan fingerprint density at radius 3 is 2.85 bits per heavy atom. The molecule has 1 N–H and O–H groups in total. The Morgan fingerprint density at radius 1 is 1.45 bits per heavy atom. The molecule has 4 nitrogen and oxygen atoms in total. The molecule has 108 valence electrons. The van der Waals surface area contributed by atoms with Crippen molar-refractivity contribution in [1.29, 1.82) is 0 Å². The first kappa shape index (κ1) is 14.6. The number of methoxy groups -OCH3 is 1. The zero-order valence-electron chi connectivity index (χ0n) is 11.8. The van der Waals surface area contributed by atoms with Gasteiger partial charge in [0.05, 0.1) is 7.11 Å². The second kappa shape index (κ2) is 7.10. The Bertz CT molecular complexity index is 467. The topological polar surface area (TPSA) is 49.8 Å². The molecule has 1 aliphatic heterocycles. The first-order chi connectivity index (χ1) is 9.67. The average molecular weight is 275 g/mol. The van der Waals surface area contributed by atoms with Gasteiger partial charge in [0, 0.05) is 19.5 Å². The normalized spacial score (nSPS) is 19.6. The van der Waals surface area contributed by atoms with Gasteiger partial charge in [-0.05, 0) is 36.6 Å². The van der Waals surface area contributed by atoms with Crippen LogP contribution in [0.1, 0.15) is 18.4 Å². The molecule has 20 heavy (non-hydrogen) atoms. The van der Waals surface area contributed by atoms with E-state index >= 15 is 0 Å². The standard InChI is InChI=1S/C16H21NO3/c1-20-15-6-4-13(5-7-15)3-2-9-17-10-8-14(12-17)11-16(18)19/h2-7,14H,8-12H2,1H3,(H,18,19)/b3-2+/t14-/m1/s1. The molecule has 0 aliphatic carbocycles. The van der Waals surface area contributed by atoms with Gasteiger partial charge in [-0.2, -0.15) is 0 Å². The van der Waals surface area contributed by atoms with Crippen LogP contribution in [0.15, 0.2) is 30.3 Å². The number of carboxylic acids is 1. The molecule has 1 aromatic carbocycles. The summed E-state index contributed by atoms with van der Waals surface area (Å²) in [5, 5.41) is 8.78. The molecule has 1 fully saturated rings. The monoisotopic (exact) mass is 275 g/mol. The van der Waals surface area contributed by atoms with Crippen LogP contribution in [0.5, 0.6) is 5.75 Å². The van der Waals surface area contributed by atoms with Crippen molar-refractivity contribution in [1.82, 2.24) is 4.90 Å². The number of carboxylic acid groups (broad SMARTS) is 1. The second-order valence-electron chi connectivity index (χ2n) is 5.19. The second-order valence-corrected chi connectivity index (χ2v) is 5.19. The van der Waals surface area contributed by atoms with E-state index in [2.05, 4.69) is 17.1 Å². The predicted molar refractivity (Wildman–Crippen MR) is 78.8 cm³/mol. The molecule has 1 aliphatic rings. The van der Waals surface area contributed by atoms with Crippen LogP contribution in [-0.2, 0) is 4.79 Å². The van der Waals surface area contributed by atoms with Crippen molar-refractivity contribution >= 4 is 12.0 Å². The molecule has 0 bridgehead atoms. The van der Waals surface area contributed by atoms with Crippen molar-refractivity contribution < 1.29 is 14.6 Å². The van der Waals surface area contributed by atoms with Gasteiger partial charge in [-0.3, -0.25) is 9.69 Å². The van der Waals surface area contributed by atoms with E-state index in [9.17, 15) is 4.79 Å². The molecule has 0 aromatic heterocycles. The van der Waals surface area contributed by atoms with E-state index < -0.39 is 5.97 Å². The van der Waals surface area contributed by atoms with Crippen molar-refractivity contribution in [3.05, 3.63) is 35.9 Å². The fraction of sp³-hybridized carbons (Fsp3) is 0.438. The molecule has 0 amide bonds. The molecule has 1 heterocycles. The number of ether oxygens (including phenoxy) is 1. The third-order valence-corrected chi connectivity index (χ3v) is 3.62. The molecule has 4 heteroatoms. The van der Waals surface area contributed by atoms with E-state index in [1.807, 2.05) is 24.3 Å². The minimum absolute atomic E-state index is 0.290. The Morgan fingerprint density at radius 2 is 2.20 bits per heavy atom. The van der Waals surface area contributed by atoms with E-state index in [1.54, 1.807) is 7.11 Å². The Balaban J connectivity index is 1.77. The van der Waals surface area contributed by atoms with Gasteiger partial charge >= 0.3 is 5.97 Å². The number of aliphatic carboxylic acids is 1. The summed E-state index contributed by atoms with van der Waals surface area (Å²) < 4.78 is 5.12. The average Bonchev–Trinajstić information content (AvgIpc) is 2.86. The number of hydrogen-bond donors (Lipinski definition) is 1. The van der Waals surface area contributed by atoms with Crippen molar-refractivity contribution in [2.45, 2.75) is 12.8 Å². The summed E-state index contributed by atoms with van der Waals surface area (Å²) >= 11 is 0. The molecule has 1 atom stereocenters. The smallest absolute Gasteiger partial charge is 0.303 e. The van der Waals surface area contributed by atoms with Crippen molar-refractivity contribution in [2.24, 2.45) is 5.92 Å². The van der Waals surface area contributed by atoms with Gasteiger partial charge in [-0.25, -0.2) is 0 Å². The summed E-state index contributed by atoms with van der Waals surface area (Å²) in [6.45, 7) is 2.76. The Labute approximate surface area is 119 Å². The molecule has 0 radical (unpaired) electrons. The van der Waals surface area contributed by atoms with Crippen LogP contribution >= 0.6 is 0 Å². The van der Waals surface area contributed by atoms with Crippen LogP contribution in [0.4, 0.5) is 0 Å². The van der Waals surface area contributed by atoms with Gasteiger partial charge in [0.15, 0.2) is 0 Å².